The molecule has 2 aliphatic heterocycles. The molecule has 2 rings (SSSR count). The Morgan fingerprint density at radius 2 is 2.15 bits per heavy atom. The van der Waals surface area contributed by atoms with Crippen molar-refractivity contribution in [2.24, 2.45) is 0 Å². The lowest BCUT2D eigenvalue weighted by atomic mass is 10.5. The minimum absolute atomic E-state index is 0.420. The SMILES string of the molecule is C1=C[SiH](CCCOCC2CO2)C=C1. The van der Waals surface area contributed by atoms with Gasteiger partial charge >= 0.3 is 0 Å². The van der Waals surface area contributed by atoms with Gasteiger partial charge in [-0.2, -0.15) is 0 Å². The Balaban J connectivity index is 1.44. The highest BCUT2D eigenvalue weighted by atomic mass is 28.3. The number of hydrogen-bond donors (Lipinski definition) is 0. The monoisotopic (exact) mass is 196 g/mol. The fourth-order valence-corrected chi connectivity index (χ4v) is 3.45. The molecule has 0 amide bonds. The molecule has 1 saturated heterocycles. The van der Waals surface area contributed by atoms with Crippen molar-refractivity contribution in [1.82, 2.24) is 0 Å². The zero-order chi connectivity index (χ0) is 8.93. The van der Waals surface area contributed by atoms with Crippen molar-refractivity contribution in [2.75, 3.05) is 19.8 Å². The highest BCUT2D eigenvalue weighted by molar-refractivity contribution is 6.70. The van der Waals surface area contributed by atoms with Crippen LogP contribution in [-0.2, 0) is 9.47 Å². The van der Waals surface area contributed by atoms with Crippen LogP contribution in [0, 0.1) is 0 Å². The average Bonchev–Trinajstić information content (AvgIpc) is 2.81. The zero-order valence-electron chi connectivity index (χ0n) is 7.82. The van der Waals surface area contributed by atoms with E-state index in [4.69, 9.17) is 9.47 Å². The van der Waals surface area contributed by atoms with Crippen molar-refractivity contribution in [1.29, 1.82) is 0 Å². The molecule has 0 aromatic carbocycles. The zero-order valence-corrected chi connectivity index (χ0v) is 8.97. The van der Waals surface area contributed by atoms with E-state index in [-0.39, 0.29) is 0 Å². The van der Waals surface area contributed by atoms with E-state index in [1.54, 1.807) is 0 Å². The molecule has 3 heteroatoms. The molecule has 0 aromatic rings. The Labute approximate surface area is 80.8 Å². The molecular formula is C10H16O2Si. The molecule has 2 heterocycles. The summed E-state index contributed by atoms with van der Waals surface area (Å²) in [5, 5.41) is 0. The number of allylic oxidation sites excluding steroid dienone is 2. The lowest BCUT2D eigenvalue weighted by Crippen LogP contribution is -2.07. The molecule has 0 bridgehead atoms. The maximum atomic E-state index is 5.47. The Morgan fingerprint density at radius 3 is 2.85 bits per heavy atom. The molecule has 2 nitrogen and oxygen atoms in total. The lowest BCUT2D eigenvalue weighted by molar-refractivity contribution is 0.117. The summed E-state index contributed by atoms with van der Waals surface area (Å²) in [7, 11) is -0.605. The van der Waals surface area contributed by atoms with Crippen LogP contribution >= 0.6 is 0 Å². The second kappa shape index (κ2) is 4.74. The van der Waals surface area contributed by atoms with Gasteiger partial charge in [0.25, 0.3) is 0 Å². The number of epoxide rings is 1. The predicted molar refractivity (Wildman–Crippen MR) is 55.4 cm³/mol. The molecule has 0 saturated carbocycles. The minimum atomic E-state index is -0.605. The largest absolute Gasteiger partial charge is 0.379 e. The molecule has 0 aliphatic carbocycles. The van der Waals surface area contributed by atoms with Crippen LogP contribution in [0.25, 0.3) is 0 Å². The van der Waals surface area contributed by atoms with Crippen molar-refractivity contribution >= 4 is 8.80 Å². The Kier molecular flexibility index (Phi) is 3.35. The van der Waals surface area contributed by atoms with E-state index in [0.29, 0.717) is 6.10 Å². The second-order valence-corrected chi connectivity index (χ2v) is 6.28. The Bertz CT molecular complexity index is 197. The van der Waals surface area contributed by atoms with E-state index in [0.717, 1.165) is 19.8 Å². The van der Waals surface area contributed by atoms with Gasteiger partial charge < -0.3 is 9.47 Å². The molecule has 0 radical (unpaired) electrons. The molecule has 0 spiro atoms. The topological polar surface area (TPSA) is 21.8 Å². The fourth-order valence-electron chi connectivity index (χ4n) is 1.47. The summed E-state index contributed by atoms with van der Waals surface area (Å²) < 4.78 is 10.5. The van der Waals surface area contributed by atoms with Crippen LogP contribution in [0.2, 0.25) is 6.04 Å². The smallest absolute Gasteiger partial charge is 0.104 e. The van der Waals surface area contributed by atoms with Crippen LogP contribution < -0.4 is 0 Å². The van der Waals surface area contributed by atoms with Gasteiger partial charge in [-0.1, -0.05) is 29.6 Å². The first-order valence-electron chi connectivity index (χ1n) is 4.99. The van der Waals surface area contributed by atoms with Gasteiger partial charge in [-0.05, 0) is 6.42 Å². The van der Waals surface area contributed by atoms with Gasteiger partial charge in [-0.25, -0.2) is 0 Å². The third-order valence-electron chi connectivity index (χ3n) is 2.36. The Hall–Kier alpha value is -0.383. The van der Waals surface area contributed by atoms with Gasteiger partial charge in [-0.3, -0.25) is 0 Å². The molecule has 2 aliphatic rings. The van der Waals surface area contributed by atoms with Crippen LogP contribution in [0.3, 0.4) is 0 Å². The molecule has 0 aromatic heterocycles. The highest BCUT2D eigenvalue weighted by Gasteiger charge is 2.21. The molecule has 0 N–H and O–H groups in total. The van der Waals surface area contributed by atoms with Crippen LogP contribution in [0.4, 0.5) is 0 Å². The first kappa shape index (κ1) is 9.18. The highest BCUT2D eigenvalue weighted by Crippen LogP contribution is 2.10. The van der Waals surface area contributed by atoms with Gasteiger partial charge in [0.2, 0.25) is 0 Å². The molecular weight excluding hydrogens is 180 g/mol. The number of hydrogen-bond acceptors (Lipinski definition) is 2. The molecule has 1 fully saturated rings. The quantitative estimate of drug-likeness (QED) is 0.362. The second-order valence-electron chi connectivity index (χ2n) is 3.61. The Morgan fingerprint density at radius 1 is 1.38 bits per heavy atom. The van der Waals surface area contributed by atoms with Gasteiger partial charge in [-0.15, -0.1) is 0 Å². The molecule has 72 valence electrons. The third kappa shape index (κ3) is 3.46. The summed E-state index contributed by atoms with van der Waals surface area (Å²) in [6.45, 7) is 2.62. The van der Waals surface area contributed by atoms with E-state index >= 15 is 0 Å². The summed E-state index contributed by atoms with van der Waals surface area (Å²) in [6, 6.07) is 1.35. The molecule has 1 atom stereocenters. The van der Waals surface area contributed by atoms with E-state index in [1.165, 1.54) is 12.5 Å². The van der Waals surface area contributed by atoms with Crippen LogP contribution in [0.15, 0.2) is 23.6 Å². The van der Waals surface area contributed by atoms with Crippen LogP contribution in [0.5, 0.6) is 0 Å². The first-order chi connectivity index (χ1) is 6.45. The lowest BCUT2D eigenvalue weighted by Gasteiger charge is -2.03. The van der Waals surface area contributed by atoms with E-state index in [2.05, 4.69) is 23.6 Å². The van der Waals surface area contributed by atoms with Gasteiger partial charge in [0.05, 0.1) is 22.0 Å². The van der Waals surface area contributed by atoms with Gasteiger partial charge in [0, 0.05) is 6.61 Å². The average molecular weight is 196 g/mol. The van der Waals surface area contributed by atoms with Crippen molar-refractivity contribution < 1.29 is 9.47 Å². The summed E-state index contributed by atoms with van der Waals surface area (Å²) in [4.78, 5) is 0. The van der Waals surface area contributed by atoms with Crippen molar-refractivity contribution in [3.63, 3.8) is 0 Å². The van der Waals surface area contributed by atoms with Crippen molar-refractivity contribution in [3.8, 4) is 0 Å². The molecule has 1 unspecified atom stereocenters. The summed E-state index contributed by atoms with van der Waals surface area (Å²) in [5.41, 5.74) is 4.76. The summed E-state index contributed by atoms with van der Waals surface area (Å²) >= 11 is 0. The standard InChI is InChI=1S/C10H16O2Si/c1-2-6-13(5-1)7-3-4-11-8-10-9-12-10/h1-2,5-6,10,13H,3-4,7-9H2. The minimum Gasteiger partial charge on any atom is -0.379 e. The molecule has 13 heavy (non-hydrogen) atoms. The fraction of sp³-hybridized carbons (Fsp3) is 0.600. The maximum absolute atomic E-state index is 5.47. The third-order valence-corrected chi connectivity index (χ3v) is 4.87. The van der Waals surface area contributed by atoms with Crippen molar-refractivity contribution in [3.05, 3.63) is 23.6 Å². The predicted octanol–water partition coefficient (Wildman–Crippen LogP) is 1.22. The van der Waals surface area contributed by atoms with Crippen LogP contribution in [-0.4, -0.2) is 34.7 Å². The first-order valence-corrected chi connectivity index (χ1v) is 7.14. The van der Waals surface area contributed by atoms with Gasteiger partial charge in [0.15, 0.2) is 0 Å². The van der Waals surface area contributed by atoms with Crippen molar-refractivity contribution in [2.45, 2.75) is 18.6 Å². The number of rotatable bonds is 6. The van der Waals surface area contributed by atoms with E-state index in [1.807, 2.05) is 0 Å². The summed E-state index contributed by atoms with van der Waals surface area (Å²) in [5.74, 6) is 0. The summed E-state index contributed by atoms with van der Waals surface area (Å²) in [6.07, 6.45) is 5.98. The van der Waals surface area contributed by atoms with Gasteiger partial charge in [0.1, 0.15) is 6.10 Å². The maximum Gasteiger partial charge on any atom is 0.104 e. The van der Waals surface area contributed by atoms with Crippen LogP contribution in [0.1, 0.15) is 6.42 Å². The normalized spacial score (nSPS) is 25.7. The number of ether oxygens (including phenoxy) is 2. The van der Waals surface area contributed by atoms with E-state index < -0.39 is 8.80 Å². The van der Waals surface area contributed by atoms with E-state index in [9.17, 15) is 0 Å².